The van der Waals surface area contributed by atoms with Crippen molar-refractivity contribution in [1.29, 1.82) is 0 Å². The van der Waals surface area contributed by atoms with Crippen LogP contribution in [0.4, 0.5) is 0 Å². The Kier molecular flexibility index (Phi) is 8.50. The van der Waals surface area contributed by atoms with Gasteiger partial charge in [0.05, 0.1) is 0 Å². The van der Waals surface area contributed by atoms with Crippen LogP contribution < -0.4 is 0 Å². The molecule has 1 unspecified atom stereocenters. The first kappa shape index (κ1) is 20.8. The maximum absolute atomic E-state index is 4.17. The van der Waals surface area contributed by atoms with E-state index in [-0.39, 0.29) is 0 Å². The summed E-state index contributed by atoms with van der Waals surface area (Å²) in [5, 5.41) is 28.6. The normalized spacial score (nSPS) is 12.1. The average Bonchev–Trinajstić information content (AvgIpc) is 3.46. The molecule has 2 N–H and O–H groups in total. The number of H-pyrrole nitrogens is 2. The Morgan fingerprint density at radius 3 is 2.17 bits per heavy atom. The van der Waals surface area contributed by atoms with E-state index in [0.29, 0.717) is 5.92 Å². The minimum absolute atomic E-state index is 0.329. The lowest BCUT2D eigenvalue weighted by atomic mass is 9.92. The number of aromatic amines is 2. The minimum Gasteiger partial charge on any atom is -0.243 e. The fraction of sp³-hybridized carbons (Fsp3) is 0.524. The number of hydrogen-bond acceptors (Lipinski definition) is 6. The molecule has 29 heavy (non-hydrogen) atoms. The van der Waals surface area contributed by atoms with Gasteiger partial charge in [0.15, 0.2) is 5.82 Å². The molecule has 0 aliphatic heterocycles. The molecule has 3 aromatic rings. The molecule has 0 saturated heterocycles. The van der Waals surface area contributed by atoms with Crippen molar-refractivity contribution in [2.75, 3.05) is 0 Å². The molecule has 0 aliphatic carbocycles. The second-order valence-electron chi connectivity index (χ2n) is 7.49. The lowest BCUT2D eigenvalue weighted by Gasteiger charge is -2.14. The minimum atomic E-state index is 0.329. The van der Waals surface area contributed by atoms with E-state index in [1.165, 1.54) is 44.1 Å². The lowest BCUT2D eigenvalue weighted by molar-refractivity contribution is 0.515. The van der Waals surface area contributed by atoms with Crippen LogP contribution in [-0.2, 0) is 12.8 Å². The lowest BCUT2D eigenvalue weighted by Crippen LogP contribution is -2.06. The van der Waals surface area contributed by atoms with Gasteiger partial charge in [-0.05, 0) is 51.2 Å². The van der Waals surface area contributed by atoms with Gasteiger partial charge in [-0.1, -0.05) is 75.4 Å². The van der Waals surface area contributed by atoms with Crippen LogP contribution in [0.25, 0.3) is 6.08 Å². The van der Waals surface area contributed by atoms with E-state index in [0.717, 1.165) is 42.9 Å². The first-order chi connectivity index (χ1) is 14.3. The zero-order chi connectivity index (χ0) is 20.2. The van der Waals surface area contributed by atoms with E-state index in [2.05, 4.69) is 72.1 Å². The van der Waals surface area contributed by atoms with Gasteiger partial charge in [-0.2, -0.15) is 0 Å². The Morgan fingerprint density at radius 1 is 0.828 bits per heavy atom. The van der Waals surface area contributed by atoms with Crippen LogP contribution in [0.15, 0.2) is 30.8 Å². The number of nitrogens with zero attached hydrogens (tertiary/aromatic N) is 6. The molecule has 0 fully saturated rings. The highest BCUT2D eigenvalue weighted by molar-refractivity contribution is 5.47. The highest BCUT2D eigenvalue weighted by Gasteiger charge is 2.16. The average molecular weight is 395 g/mol. The van der Waals surface area contributed by atoms with E-state index < -0.39 is 0 Å². The second-order valence-corrected chi connectivity index (χ2v) is 7.49. The first-order valence-corrected chi connectivity index (χ1v) is 10.5. The van der Waals surface area contributed by atoms with Crippen LogP contribution in [0, 0.1) is 0 Å². The summed E-state index contributed by atoms with van der Waals surface area (Å²) in [7, 11) is 0. The SMILES string of the molecule is C=Cc1ccc(CC(CCCCCCCCCc2nnn[nH]2)c2nnn[nH]2)cc1. The number of hydrogen-bond donors (Lipinski definition) is 2. The van der Waals surface area contributed by atoms with Crippen molar-refractivity contribution in [3.05, 3.63) is 53.6 Å². The van der Waals surface area contributed by atoms with Crippen molar-refractivity contribution in [3.8, 4) is 0 Å². The molecule has 8 nitrogen and oxygen atoms in total. The summed E-state index contributed by atoms with van der Waals surface area (Å²) >= 11 is 0. The van der Waals surface area contributed by atoms with Crippen molar-refractivity contribution < 1.29 is 0 Å². The standard InChI is InChI=1S/C21H30N8/c1-2-17-12-14-18(15-13-17)16-19(21-24-28-29-25-21)10-8-6-4-3-5-7-9-11-20-22-26-27-23-20/h2,12-15,19H,1,3-11,16H2,(H,22,23,26,27)(H,24,25,28,29). The van der Waals surface area contributed by atoms with Gasteiger partial charge >= 0.3 is 0 Å². The van der Waals surface area contributed by atoms with Crippen molar-refractivity contribution in [3.63, 3.8) is 0 Å². The molecule has 1 aromatic carbocycles. The largest absolute Gasteiger partial charge is 0.243 e. The molecule has 0 radical (unpaired) electrons. The maximum Gasteiger partial charge on any atom is 0.151 e. The van der Waals surface area contributed by atoms with Gasteiger partial charge in [0.2, 0.25) is 0 Å². The summed E-state index contributed by atoms with van der Waals surface area (Å²) in [5.74, 6) is 2.10. The third-order valence-electron chi connectivity index (χ3n) is 5.30. The zero-order valence-electron chi connectivity index (χ0n) is 16.9. The van der Waals surface area contributed by atoms with Crippen LogP contribution in [0.3, 0.4) is 0 Å². The quantitative estimate of drug-likeness (QED) is 0.399. The van der Waals surface area contributed by atoms with Crippen LogP contribution in [0.1, 0.15) is 80.1 Å². The number of benzene rings is 1. The van der Waals surface area contributed by atoms with Gasteiger partial charge in [0.25, 0.3) is 0 Å². The fourth-order valence-corrected chi connectivity index (χ4v) is 3.60. The van der Waals surface area contributed by atoms with Gasteiger partial charge < -0.3 is 0 Å². The molecule has 0 aliphatic rings. The second kappa shape index (κ2) is 11.8. The predicted molar refractivity (Wildman–Crippen MR) is 112 cm³/mol. The number of aryl methyl sites for hydroxylation is 1. The first-order valence-electron chi connectivity index (χ1n) is 10.5. The maximum atomic E-state index is 4.17. The fourth-order valence-electron chi connectivity index (χ4n) is 3.60. The molecule has 0 amide bonds. The molecule has 2 heterocycles. The Balaban J connectivity index is 1.32. The molecular formula is C21H30N8. The molecule has 2 aromatic heterocycles. The summed E-state index contributed by atoms with van der Waals surface area (Å²) < 4.78 is 0. The molecular weight excluding hydrogens is 364 g/mol. The number of nitrogens with one attached hydrogen (secondary N) is 2. The Bertz CT molecular complexity index is 796. The summed E-state index contributed by atoms with van der Waals surface area (Å²) in [4.78, 5) is 0. The molecule has 8 heteroatoms. The van der Waals surface area contributed by atoms with Crippen LogP contribution >= 0.6 is 0 Å². The highest BCUT2D eigenvalue weighted by Crippen LogP contribution is 2.24. The van der Waals surface area contributed by atoms with E-state index in [9.17, 15) is 0 Å². The summed E-state index contributed by atoms with van der Waals surface area (Å²) in [6.07, 6.45) is 13.5. The molecule has 0 spiro atoms. The third-order valence-corrected chi connectivity index (χ3v) is 5.30. The predicted octanol–water partition coefficient (Wildman–Crippen LogP) is 4.05. The number of aromatic nitrogens is 8. The van der Waals surface area contributed by atoms with Gasteiger partial charge in [-0.3, -0.25) is 0 Å². The molecule has 0 saturated carbocycles. The summed E-state index contributed by atoms with van der Waals surface area (Å²) in [6.45, 7) is 3.81. The topological polar surface area (TPSA) is 109 Å². The highest BCUT2D eigenvalue weighted by atomic mass is 15.5. The smallest absolute Gasteiger partial charge is 0.151 e. The van der Waals surface area contributed by atoms with E-state index in [1.807, 2.05) is 6.08 Å². The number of rotatable bonds is 14. The summed E-state index contributed by atoms with van der Waals surface area (Å²) in [6, 6.07) is 8.55. The van der Waals surface area contributed by atoms with Gasteiger partial charge in [0, 0.05) is 12.3 Å². The van der Waals surface area contributed by atoms with Crippen molar-refractivity contribution in [2.24, 2.45) is 0 Å². The van der Waals surface area contributed by atoms with Crippen LogP contribution in [-0.4, -0.2) is 41.2 Å². The number of tetrazole rings is 2. The molecule has 154 valence electrons. The van der Waals surface area contributed by atoms with Gasteiger partial charge in [-0.25, -0.2) is 10.2 Å². The Hall–Kier alpha value is -2.90. The molecule has 3 rings (SSSR count). The molecule has 1 atom stereocenters. The monoisotopic (exact) mass is 394 g/mol. The van der Waals surface area contributed by atoms with E-state index in [4.69, 9.17) is 0 Å². The Labute approximate surface area is 171 Å². The third kappa shape index (κ3) is 7.21. The van der Waals surface area contributed by atoms with E-state index in [1.54, 1.807) is 0 Å². The van der Waals surface area contributed by atoms with Crippen LogP contribution in [0.5, 0.6) is 0 Å². The van der Waals surface area contributed by atoms with Gasteiger partial charge in [0.1, 0.15) is 5.82 Å². The Morgan fingerprint density at radius 2 is 1.52 bits per heavy atom. The van der Waals surface area contributed by atoms with Crippen molar-refractivity contribution in [2.45, 2.75) is 70.1 Å². The van der Waals surface area contributed by atoms with Crippen molar-refractivity contribution >= 4 is 6.08 Å². The molecule has 0 bridgehead atoms. The van der Waals surface area contributed by atoms with Crippen LogP contribution in [0.2, 0.25) is 0 Å². The van der Waals surface area contributed by atoms with Crippen molar-refractivity contribution in [1.82, 2.24) is 41.2 Å². The summed E-state index contributed by atoms with van der Waals surface area (Å²) in [5.41, 5.74) is 2.45. The van der Waals surface area contributed by atoms with E-state index >= 15 is 0 Å². The zero-order valence-corrected chi connectivity index (χ0v) is 16.9. The number of unbranched alkanes of at least 4 members (excludes halogenated alkanes) is 6. The van der Waals surface area contributed by atoms with Gasteiger partial charge in [-0.15, -0.1) is 10.2 Å².